The number of cyclic esters (lactones) is 1. The number of nitrogens with two attached hydrogens (primary N) is 2. The van der Waals surface area contributed by atoms with Crippen molar-refractivity contribution in [1.29, 1.82) is 5.41 Å². The van der Waals surface area contributed by atoms with Gasteiger partial charge in [-0.1, -0.05) is 106 Å². The zero-order valence-corrected chi connectivity index (χ0v) is 52.9. The molecule has 1 heterocycles. The number of aliphatic hydroxyl groups excluding tert-OH is 4. The van der Waals surface area contributed by atoms with Crippen LogP contribution in [0.1, 0.15) is 126 Å². The topological polar surface area (TPSA) is 523 Å². The van der Waals surface area contributed by atoms with Crippen LogP contribution in [0.4, 0.5) is 0 Å². The number of ether oxygens (including phenoxy) is 1. The van der Waals surface area contributed by atoms with Gasteiger partial charge in [0.15, 0.2) is 24.2 Å². The van der Waals surface area contributed by atoms with E-state index in [1.807, 2.05) is 24.5 Å². The highest BCUT2D eigenvalue weighted by atomic mass is 16.5. The van der Waals surface area contributed by atoms with Gasteiger partial charge in [-0.2, -0.15) is 0 Å². The number of rotatable bonds is 23. The van der Waals surface area contributed by atoms with Crippen LogP contribution in [-0.2, 0) is 62.3 Å². The average molecular weight is 1280 g/mol. The van der Waals surface area contributed by atoms with E-state index in [-0.39, 0.29) is 62.5 Å². The van der Waals surface area contributed by atoms with Gasteiger partial charge in [0.1, 0.15) is 48.3 Å². The first-order valence-electron chi connectivity index (χ1n) is 30.0. The molecule has 1 aromatic rings. The Bertz CT molecular complexity index is 2630. The van der Waals surface area contributed by atoms with Crippen LogP contribution in [0.15, 0.2) is 30.3 Å². The molecule has 32 heteroatoms. The Morgan fingerprint density at radius 2 is 1.21 bits per heavy atom. The van der Waals surface area contributed by atoms with Gasteiger partial charge in [-0.05, 0) is 74.2 Å². The first kappa shape index (κ1) is 78.0. The van der Waals surface area contributed by atoms with Gasteiger partial charge in [-0.25, -0.2) is 9.59 Å². The number of aliphatic hydroxyl groups is 4. The lowest BCUT2D eigenvalue weighted by Crippen LogP contribution is -2.64. The van der Waals surface area contributed by atoms with E-state index < -0.39 is 193 Å². The van der Waals surface area contributed by atoms with Crippen molar-refractivity contribution in [3.05, 3.63) is 35.9 Å². The molecular weight excluding hydrogens is 1180 g/mol. The summed E-state index contributed by atoms with van der Waals surface area (Å²) in [6.45, 7) is 15.2. The number of carbonyl (C=O) groups is 12. The quantitative estimate of drug-likeness (QED) is 0.0212. The fourth-order valence-corrected chi connectivity index (χ4v) is 9.25. The highest BCUT2D eigenvalue weighted by Crippen LogP contribution is 2.25. The van der Waals surface area contributed by atoms with E-state index in [0.29, 0.717) is 0 Å². The van der Waals surface area contributed by atoms with E-state index in [9.17, 15) is 78.3 Å². The highest BCUT2D eigenvalue weighted by Gasteiger charge is 2.44. The number of guanidine groups is 1. The van der Waals surface area contributed by atoms with Crippen LogP contribution in [-0.4, -0.2) is 201 Å². The van der Waals surface area contributed by atoms with Crippen molar-refractivity contribution in [2.45, 2.75) is 200 Å². The van der Waals surface area contributed by atoms with Crippen molar-refractivity contribution in [2.24, 2.45) is 41.1 Å². The van der Waals surface area contributed by atoms with Crippen molar-refractivity contribution < 1.29 is 87.8 Å². The second-order valence-corrected chi connectivity index (χ2v) is 24.0. The van der Waals surface area contributed by atoms with Crippen molar-refractivity contribution in [1.82, 2.24) is 58.5 Å². The van der Waals surface area contributed by atoms with Crippen LogP contribution >= 0.6 is 0 Å². The monoisotopic (exact) mass is 1280 g/mol. The van der Waals surface area contributed by atoms with Gasteiger partial charge in [-0.15, -0.1) is 0 Å². The van der Waals surface area contributed by atoms with E-state index in [4.69, 9.17) is 21.6 Å². The summed E-state index contributed by atoms with van der Waals surface area (Å²) in [5, 5.41) is 87.6. The molecule has 2 rings (SSSR count). The Hall–Kier alpha value is -8.07. The van der Waals surface area contributed by atoms with Gasteiger partial charge in [0.2, 0.25) is 59.1 Å². The molecule has 506 valence electrons. The Labute approximate surface area is 523 Å². The summed E-state index contributed by atoms with van der Waals surface area (Å²) in [7, 11) is 0. The number of esters is 1. The molecule has 0 unspecified atom stereocenters. The van der Waals surface area contributed by atoms with Crippen LogP contribution in [0.2, 0.25) is 0 Å². The minimum absolute atomic E-state index is 0.00929. The maximum atomic E-state index is 15.3. The second-order valence-electron chi connectivity index (χ2n) is 24.0. The SMILES string of the molecule is CC[C@H](C)[C@@H]1NC(=O)[C@@H](CCCNC(=N)N)NC(=O)[C@H](CC(C)C)NC(=O)[C@H]([C@H](O)C(C)C)NC(=O)[C@@H](NC(=O)[C@H](CC(C)C)NC(=O)[C@H](N)CC(C)C)[C@@H](c2ccccc2)OC(=O)[C@H](CO)NC(=O)[C@H]([C@H](O)C(=O)O)NC(=O)CNC(=O)[C@H]([C@H](C)O)NC1=O. The lowest BCUT2D eigenvalue weighted by molar-refractivity contribution is -0.159. The van der Waals surface area contributed by atoms with Gasteiger partial charge < -0.3 is 100 Å². The zero-order valence-electron chi connectivity index (χ0n) is 52.9. The van der Waals surface area contributed by atoms with Gasteiger partial charge in [0.25, 0.3) is 0 Å². The smallest absolute Gasteiger partial charge is 0.335 e. The molecule has 10 amide bonds. The summed E-state index contributed by atoms with van der Waals surface area (Å²) in [4.78, 5) is 169. The van der Waals surface area contributed by atoms with Gasteiger partial charge in [0, 0.05) is 6.54 Å². The van der Waals surface area contributed by atoms with E-state index in [0.717, 1.165) is 6.92 Å². The predicted molar refractivity (Wildman–Crippen MR) is 324 cm³/mol. The van der Waals surface area contributed by atoms with E-state index in [1.54, 1.807) is 41.5 Å². The Morgan fingerprint density at radius 1 is 0.667 bits per heavy atom. The molecule has 1 fully saturated rings. The molecule has 0 spiro atoms. The lowest BCUT2D eigenvalue weighted by atomic mass is 9.95. The fourth-order valence-electron chi connectivity index (χ4n) is 9.25. The third-order valence-electron chi connectivity index (χ3n) is 14.4. The number of amides is 10. The molecule has 0 aromatic heterocycles. The second kappa shape index (κ2) is 37.8. The minimum atomic E-state index is -2.80. The summed E-state index contributed by atoms with van der Waals surface area (Å²) >= 11 is 0. The molecule has 0 saturated carbocycles. The molecule has 0 bridgehead atoms. The number of nitrogens with one attached hydrogen (secondary N) is 12. The molecule has 0 aliphatic carbocycles. The lowest BCUT2D eigenvalue weighted by Gasteiger charge is -2.34. The number of carboxylic acid groups (broad SMARTS) is 1. The maximum absolute atomic E-state index is 15.3. The molecule has 0 radical (unpaired) electrons. The first-order valence-corrected chi connectivity index (χ1v) is 30.0. The molecule has 32 nitrogen and oxygen atoms in total. The van der Waals surface area contributed by atoms with Crippen molar-refractivity contribution in [3.63, 3.8) is 0 Å². The molecule has 1 aromatic carbocycles. The van der Waals surface area contributed by atoms with Gasteiger partial charge in [0.05, 0.1) is 31.4 Å². The van der Waals surface area contributed by atoms with Crippen LogP contribution in [0.25, 0.3) is 0 Å². The largest absolute Gasteiger partial charge is 0.479 e. The molecule has 1 aliphatic heterocycles. The number of aliphatic carboxylic acids is 1. The molecule has 15 atom stereocenters. The molecular formula is C58H96N14O18. The average Bonchev–Trinajstić information content (AvgIpc) is 1.47. The molecule has 21 N–H and O–H groups in total. The fraction of sp³-hybridized carbons (Fsp3) is 0.672. The third kappa shape index (κ3) is 25.4. The Balaban J connectivity index is 3.13. The van der Waals surface area contributed by atoms with Gasteiger partial charge in [-0.3, -0.25) is 53.4 Å². The number of carboxylic acids is 1. The minimum Gasteiger partial charge on any atom is -0.479 e. The molecule has 1 saturated heterocycles. The number of hydrogen-bond acceptors (Lipinski definition) is 19. The van der Waals surface area contributed by atoms with Crippen molar-refractivity contribution in [3.8, 4) is 0 Å². The van der Waals surface area contributed by atoms with E-state index in [2.05, 4.69) is 47.9 Å². The van der Waals surface area contributed by atoms with Crippen LogP contribution in [0, 0.1) is 35.0 Å². The predicted octanol–water partition coefficient (Wildman–Crippen LogP) is -4.63. The summed E-state index contributed by atoms with van der Waals surface area (Å²) < 4.78 is 5.89. The summed E-state index contributed by atoms with van der Waals surface area (Å²) in [5.74, 6) is -18.1. The maximum Gasteiger partial charge on any atom is 0.335 e. The standard InChI is InChI=1S/C58H96N14O18/c1-12-30(10)39-52(83)70-40(31(11)74)51(82)63-24-38(75)68-42(45(77)56(87)88)54(85)67-37(25-73)57(89)90-46(32-17-14-13-15-18-32)43(72-50(81)36(23-28(6)7)65-47(78)33(59)21-26(2)3)55(86)71-41(44(76)29(8)9)53(84)66-35(22-27(4)5)49(80)64-34(48(79)69-39)19-16-20-62-58(60)61/h13-15,17-18,26-31,33-37,39-46,73-74,76-77H,12,16,19-25,59H2,1-11H3,(H,63,82)(H,64,80)(H,65,78)(H,66,84)(H,67,85)(H,68,75)(H,69,79)(H,70,83)(H,71,86)(H,72,81)(H,87,88)(H4,60,61,62)/t30-,31-,33+,34+,35-,36-,37-,39-,40-,41-,42-,43-,44+,45-,46+/m0/s1. The molecule has 1 aliphatic rings. The van der Waals surface area contributed by atoms with Crippen LogP contribution in [0.5, 0.6) is 0 Å². The highest BCUT2D eigenvalue weighted by molar-refractivity contribution is 6.00. The Morgan fingerprint density at radius 3 is 1.74 bits per heavy atom. The van der Waals surface area contributed by atoms with E-state index in [1.165, 1.54) is 44.2 Å². The third-order valence-corrected chi connectivity index (χ3v) is 14.4. The zero-order chi connectivity index (χ0) is 68.4. The van der Waals surface area contributed by atoms with Crippen LogP contribution < -0.4 is 70.0 Å². The Kier molecular flexibility index (Phi) is 32.8. The van der Waals surface area contributed by atoms with E-state index >= 15 is 4.79 Å². The normalized spacial score (nSPS) is 24.7. The first-order chi connectivity index (χ1) is 42.0. The molecule has 90 heavy (non-hydrogen) atoms. The van der Waals surface area contributed by atoms with Crippen molar-refractivity contribution in [2.75, 3.05) is 19.7 Å². The number of benzene rings is 1. The summed E-state index contributed by atoms with van der Waals surface area (Å²) in [6, 6.07) is -11.1. The number of carbonyl (C=O) groups excluding carboxylic acids is 11. The summed E-state index contributed by atoms with van der Waals surface area (Å²) in [5.41, 5.74) is 11.6. The number of hydrogen-bond donors (Lipinski definition) is 19. The summed E-state index contributed by atoms with van der Waals surface area (Å²) in [6.07, 6.45) is -8.34. The van der Waals surface area contributed by atoms with Crippen molar-refractivity contribution >= 4 is 77.0 Å². The van der Waals surface area contributed by atoms with Crippen LogP contribution in [0.3, 0.4) is 0 Å². The van der Waals surface area contributed by atoms with Gasteiger partial charge >= 0.3 is 11.9 Å².